The second-order valence-corrected chi connectivity index (χ2v) is 6.28. The Balaban J connectivity index is 1.78. The van der Waals surface area contributed by atoms with Gasteiger partial charge in [-0.05, 0) is 49.9 Å². The molecule has 3 nitrogen and oxygen atoms in total. The molecule has 3 rings (SSSR count). The molecule has 1 saturated carbocycles. The number of hydrogen-bond acceptors (Lipinski definition) is 3. The predicted molar refractivity (Wildman–Crippen MR) is 79.3 cm³/mol. The van der Waals surface area contributed by atoms with Crippen LogP contribution in [-0.4, -0.2) is 23.8 Å². The summed E-state index contributed by atoms with van der Waals surface area (Å²) in [6.45, 7) is 4.00. The van der Waals surface area contributed by atoms with E-state index in [0.29, 0.717) is 5.92 Å². The van der Waals surface area contributed by atoms with E-state index in [-0.39, 0.29) is 0 Å². The Morgan fingerprint density at radius 1 is 1.32 bits per heavy atom. The van der Waals surface area contributed by atoms with Crippen molar-refractivity contribution in [2.75, 3.05) is 23.7 Å². The number of fused-ring (bicyclic) bond motifs is 1. The number of hydrogen-bond donors (Lipinski definition) is 2. The lowest BCUT2D eigenvalue weighted by Gasteiger charge is -2.48. The normalized spacial score (nSPS) is 31.1. The van der Waals surface area contributed by atoms with Gasteiger partial charge in [-0.15, -0.1) is 0 Å². The number of anilines is 2. The fraction of sp³-hybridized carbons (Fsp3) is 0.625. The minimum absolute atomic E-state index is 0.391. The number of nitrogens with zero attached hydrogens (tertiary/aromatic N) is 1. The molecule has 19 heavy (non-hydrogen) atoms. The van der Waals surface area contributed by atoms with Crippen LogP contribution in [0.25, 0.3) is 0 Å². The van der Waals surface area contributed by atoms with Crippen molar-refractivity contribution in [3.05, 3.63) is 23.8 Å². The van der Waals surface area contributed by atoms with Crippen LogP contribution < -0.4 is 10.6 Å². The highest BCUT2D eigenvalue weighted by Gasteiger charge is 2.42. The minimum atomic E-state index is -0.391. The Kier molecular flexibility index (Phi) is 3.17. The molecule has 3 N–H and O–H groups in total. The van der Waals surface area contributed by atoms with Gasteiger partial charge >= 0.3 is 0 Å². The van der Waals surface area contributed by atoms with Crippen LogP contribution in [0, 0.1) is 12.8 Å². The van der Waals surface area contributed by atoms with Crippen molar-refractivity contribution >= 4 is 11.4 Å². The van der Waals surface area contributed by atoms with Gasteiger partial charge in [0, 0.05) is 30.4 Å². The zero-order valence-corrected chi connectivity index (χ0v) is 11.7. The Bertz CT molecular complexity index is 474. The maximum Gasteiger partial charge on any atom is 0.0709 e. The maximum atomic E-state index is 10.7. The molecule has 1 aromatic rings. The van der Waals surface area contributed by atoms with Crippen molar-refractivity contribution < 1.29 is 5.11 Å². The number of aliphatic hydroxyl groups is 1. The van der Waals surface area contributed by atoms with Crippen molar-refractivity contribution in [3.63, 3.8) is 0 Å². The van der Waals surface area contributed by atoms with Gasteiger partial charge in [-0.3, -0.25) is 0 Å². The lowest BCUT2D eigenvalue weighted by atomic mass is 9.71. The molecule has 1 heterocycles. The lowest BCUT2D eigenvalue weighted by Crippen LogP contribution is -2.53. The van der Waals surface area contributed by atoms with E-state index in [1.807, 2.05) is 6.07 Å². The van der Waals surface area contributed by atoms with E-state index < -0.39 is 5.60 Å². The number of rotatable bonds is 1. The predicted octanol–water partition coefficient (Wildman–Crippen LogP) is 2.71. The summed E-state index contributed by atoms with van der Waals surface area (Å²) >= 11 is 0. The summed E-state index contributed by atoms with van der Waals surface area (Å²) in [5, 5.41) is 10.7. The maximum absolute atomic E-state index is 10.7. The van der Waals surface area contributed by atoms with E-state index >= 15 is 0 Å². The quantitative estimate of drug-likeness (QED) is 0.763. The monoisotopic (exact) mass is 260 g/mol. The molecule has 104 valence electrons. The van der Waals surface area contributed by atoms with E-state index in [1.165, 1.54) is 24.9 Å². The topological polar surface area (TPSA) is 49.5 Å². The number of nitrogen functional groups attached to an aromatic ring is 1. The molecule has 2 atom stereocenters. The van der Waals surface area contributed by atoms with Gasteiger partial charge < -0.3 is 15.7 Å². The molecule has 0 aromatic heterocycles. The van der Waals surface area contributed by atoms with E-state index in [1.54, 1.807) is 0 Å². The third kappa shape index (κ3) is 2.32. The van der Waals surface area contributed by atoms with Crippen LogP contribution in [0.3, 0.4) is 0 Å². The Labute approximate surface area is 115 Å². The molecule has 0 amide bonds. The number of aryl methyl sites for hydroxylation is 1. The van der Waals surface area contributed by atoms with Crippen LogP contribution >= 0.6 is 0 Å². The number of piperidine rings is 1. The zero-order valence-electron chi connectivity index (χ0n) is 11.7. The van der Waals surface area contributed by atoms with Gasteiger partial charge in [-0.25, -0.2) is 0 Å². The van der Waals surface area contributed by atoms with Crippen LogP contribution in [0.15, 0.2) is 18.2 Å². The molecule has 0 bridgehead atoms. The summed E-state index contributed by atoms with van der Waals surface area (Å²) < 4.78 is 0. The van der Waals surface area contributed by atoms with Gasteiger partial charge in [-0.2, -0.15) is 0 Å². The average molecular weight is 260 g/mol. The second-order valence-electron chi connectivity index (χ2n) is 6.28. The molecule has 2 unspecified atom stereocenters. The van der Waals surface area contributed by atoms with Gasteiger partial charge in [0.1, 0.15) is 0 Å². The molecule has 2 fully saturated rings. The Morgan fingerprint density at radius 3 is 2.95 bits per heavy atom. The van der Waals surface area contributed by atoms with E-state index in [9.17, 15) is 5.11 Å². The standard InChI is InChI=1S/C16H24N2O/c1-12-10-14(5-6-15(12)17)18-9-8-16(19)7-3-2-4-13(16)11-18/h5-6,10,13,19H,2-4,7-9,11,17H2,1H3. The van der Waals surface area contributed by atoms with E-state index in [2.05, 4.69) is 24.0 Å². The smallest absolute Gasteiger partial charge is 0.0709 e. The first-order valence-corrected chi connectivity index (χ1v) is 7.42. The van der Waals surface area contributed by atoms with Crippen molar-refractivity contribution in [1.29, 1.82) is 0 Å². The molecular formula is C16H24N2O. The third-order valence-corrected chi connectivity index (χ3v) is 5.05. The van der Waals surface area contributed by atoms with Crippen LogP contribution in [0.4, 0.5) is 11.4 Å². The first-order valence-electron chi connectivity index (χ1n) is 7.42. The van der Waals surface area contributed by atoms with Crippen LogP contribution in [0.2, 0.25) is 0 Å². The Hall–Kier alpha value is -1.22. The molecule has 1 aliphatic carbocycles. The fourth-order valence-corrected chi connectivity index (χ4v) is 3.66. The average Bonchev–Trinajstić information content (AvgIpc) is 2.41. The first kappa shape index (κ1) is 12.8. The van der Waals surface area contributed by atoms with Crippen molar-refractivity contribution in [2.45, 2.75) is 44.6 Å². The SMILES string of the molecule is Cc1cc(N2CCC3(O)CCCCC3C2)ccc1N. The highest BCUT2D eigenvalue weighted by atomic mass is 16.3. The van der Waals surface area contributed by atoms with E-state index in [4.69, 9.17) is 5.73 Å². The molecule has 1 aliphatic heterocycles. The molecular weight excluding hydrogens is 236 g/mol. The summed E-state index contributed by atoms with van der Waals surface area (Å²) in [5.74, 6) is 0.438. The summed E-state index contributed by atoms with van der Waals surface area (Å²) in [6.07, 6.45) is 5.52. The summed E-state index contributed by atoms with van der Waals surface area (Å²) in [7, 11) is 0. The van der Waals surface area contributed by atoms with Crippen molar-refractivity contribution in [2.24, 2.45) is 5.92 Å². The van der Waals surface area contributed by atoms with Gasteiger partial charge in [0.2, 0.25) is 0 Å². The Morgan fingerprint density at radius 2 is 2.16 bits per heavy atom. The lowest BCUT2D eigenvalue weighted by molar-refractivity contribution is -0.0612. The summed E-state index contributed by atoms with van der Waals surface area (Å²) in [4.78, 5) is 2.41. The zero-order chi connectivity index (χ0) is 13.5. The molecule has 0 spiro atoms. The molecule has 1 saturated heterocycles. The van der Waals surface area contributed by atoms with Crippen LogP contribution in [0.5, 0.6) is 0 Å². The third-order valence-electron chi connectivity index (χ3n) is 5.05. The molecule has 2 aliphatic rings. The molecule has 1 aromatic carbocycles. The van der Waals surface area contributed by atoms with Gasteiger partial charge in [0.25, 0.3) is 0 Å². The van der Waals surface area contributed by atoms with Gasteiger partial charge in [0.15, 0.2) is 0 Å². The van der Waals surface area contributed by atoms with E-state index in [0.717, 1.165) is 37.2 Å². The highest BCUT2D eigenvalue weighted by molar-refractivity contribution is 5.58. The van der Waals surface area contributed by atoms with Crippen molar-refractivity contribution in [3.8, 4) is 0 Å². The summed E-state index contributed by atoms with van der Waals surface area (Å²) in [6, 6.07) is 6.27. The van der Waals surface area contributed by atoms with Crippen LogP contribution in [-0.2, 0) is 0 Å². The minimum Gasteiger partial charge on any atom is -0.399 e. The summed E-state index contributed by atoms with van der Waals surface area (Å²) in [5.41, 5.74) is 8.74. The van der Waals surface area contributed by atoms with Crippen LogP contribution in [0.1, 0.15) is 37.7 Å². The van der Waals surface area contributed by atoms with Gasteiger partial charge in [-0.1, -0.05) is 12.8 Å². The first-order chi connectivity index (χ1) is 9.08. The van der Waals surface area contributed by atoms with Crippen molar-refractivity contribution in [1.82, 2.24) is 0 Å². The second kappa shape index (κ2) is 4.71. The number of nitrogens with two attached hydrogens (primary N) is 1. The largest absolute Gasteiger partial charge is 0.399 e. The molecule has 3 heteroatoms. The highest BCUT2D eigenvalue weighted by Crippen LogP contribution is 2.41. The number of benzene rings is 1. The molecule has 0 radical (unpaired) electrons. The fourth-order valence-electron chi connectivity index (χ4n) is 3.66. The van der Waals surface area contributed by atoms with Gasteiger partial charge in [0.05, 0.1) is 5.60 Å².